The predicted molar refractivity (Wildman–Crippen MR) is 98.4 cm³/mol. The second-order valence-electron chi connectivity index (χ2n) is 4.91. The molecule has 0 aliphatic rings. The zero-order chi connectivity index (χ0) is 34.3. The van der Waals surface area contributed by atoms with Crippen LogP contribution in [0.4, 0.5) is 0 Å². The van der Waals surface area contributed by atoms with Gasteiger partial charge >= 0.3 is 0 Å². The summed E-state index contributed by atoms with van der Waals surface area (Å²) in [6, 6.07) is 7.03. The van der Waals surface area contributed by atoms with Crippen molar-refractivity contribution in [2.75, 3.05) is 14.2 Å². The number of aromatic nitrogens is 2. The standard InChI is InChI=1S/C6H7NO2.C6H7NO.H2O30/c1-9-6-3-2-4-7(8)5-6;1-8-6-3-2-4-7-5-6;1-3-5-7-9-11-13-15-17-19-21-23-25-27-29-30-28-26-24-22-20-18-16-14-12-10-8-6-4-2/h2-5H,1H3;2-5H,1H3;1-2H. The molecule has 2 aromatic rings. The summed E-state index contributed by atoms with van der Waals surface area (Å²) in [4.78, 5) is 3.83. The van der Waals surface area contributed by atoms with Crippen molar-refractivity contribution in [3.8, 4) is 11.5 Å². The molecule has 2 rings (SSSR count). The monoisotopic (exact) mass is 716 g/mol. The normalized spacial score (nSPS) is 10.5. The van der Waals surface area contributed by atoms with Crippen LogP contribution >= 0.6 is 0 Å². The van der Waals surface area contributed by atoms with Crippen molar-refractivity contribution in [3.63, 3.8) is 0 Å². The highest BCUT2D eigenvalue weighted by molar-refractivity contribution is 5.14. The highest BCUT2D eigenvalue weighted by Crippen LogP contribution is 2.03. The third kappa shape index (κ3) is 33.7. The molecule has 0 spiro atoms. The first-order chi connectivity index (χ1) is 23.2. The molecule has 0 fully saturated rings. The van der Waals surface area contributed by atoms with E-state index in [4.69, 9.17) is 20.0 Å². The molecule has 0 aliphatic carbocycles. The Kier molecular flexibility index (Phi) is 34.2. The minimum atomic E-state index is 0.576. The molecule has 0 amide bonds. The van der Waals surface area contributed by atoms with Gasteiger partial charge in [0.15, 0.2) is 11.9 Å². The molecule has 0 bridgehead atoms. The zero-order valence-electron chi connectivity index (χ0n) is 22.1. The molecule has 0 aliphatic heterocycles. The molecular formula is C12H16N2O33. The van der Waals surface area contributed by atoms with Gasteiger partial charge in [0.2, 0.25) is 6.20 Å². The quantitative estimate of drug-likeness (QED) is 0.0353. The minimum Gasteiger partial charge on any atom is -0.619 e. The van der Waals surface area contributed by atoms with Crippen LogP contribution in [-0.2, 0) is 141 Å². The van der Waals surface area contributed by atoms with Crippen LogP contribution in [0.1, 0.15) is 0 Å². The third-order valence-electron chi connectivity index (χ3n) is 2.61. The van der Waals surface area contributed by atoms with Crippen LogP contribution in [0, 0.1) is 5.21 Å². The van der Waals surface area contributed by atoms with Crippen molar-refractivity contribution < 1.29 is 166 Å². The van der Waals surface area contributed by atoms with Gasteiger partial charge in [-0.15, -0.1) is 0 Å². The lowest BCUT2D eigenvalue weighted by Gasteiger charge is -1.99. The number of hydrogen-bond acceptors (Lipinski definition) is 34. The van der Waals surface area contributed by atoms with E-state index < -0.39 is 0 Å². The number of nitrogens with zero attached hydrogens (tertiary/aromatic N) is 2. The van der Waals surface area contributed by atoms with Gasteiger partial charge in [0, 0.05) is 72.7 Å². The largest absolute Gasteiger partial charge is 0.619 e. The summed E-state index contributed by atoms with van der Waals surface area (Å²) in [6.45, 7) is 0. The maximum atomic E-state index is 10.5. The van der Waals surface area contributed by atoms with Gasteiger partial charge in [-0.1, -0.05) is 0 Å². The van der Waals surface area contributed by atoms with Crippen molar-refractivity contribution in [2.45, 2.75) is 0 Å². The number of pyridine rings is 2. The Balaban J connectivity index is 0.000000988. The lowest BCUT2D eigenvalue weighted by Crippen LogP contribution is -2.23. The van der Waals surface area contributed by atoms with Crippen LogP contribution in [0.15, 0.2) is 49.1 Å². The summed E-state index contributed by atoms with van der Waals surface area (Å²) in [7, 11) is 3.15. The maximum Gasteiger partial charge on any atom is 0.222 e. The third-order valence-corrected chi connectivity index (χ3v) is 2.61. The SMILES string of the molecule is COc1ccc[n+]([O-])c1.COc1cccnc1.OOOOOOOOOOOOOOOOOOOOOOOOOOOOOO. The smallest absolute Gasteiger partial charge is 0.222 e. The average molecular weight is 716 g/mol. The van der Waals surface area contributed by atoms with E-state index in [0.717, 1.165) is 5.75 Å². The predicted octanol–water partition coefficient (Wildman–Crippen LogP) is -0.479. The zero-order valence-corrected chi connectivity index (χ0v) is 22.1. The Labute approximate surface area is 252 Å². The highest BCUT2D eigenvalue weighted by Gasteiger charge is 2.01. The summed E-state index contributed by atoms with van der Waals surface area (Å²) in [5, 5.41) is 120. The number of hydrogen-bond donors (Lipinski definition) is 2. The Hall–Kier alpha value is -3.50. The lowest BCUT2D eigenvalue weighted by molar-refractivity contribution is -0.904. The van der Waals surface area contributed by atoms with Gasteiger partial charge < -0.3 is 14.7 Å². The van der Waals surface area contributed by atoms with E-state index in [1.807, 2.05) is 12.1 Å². The first kappa shape index (κ1) is 43.5. The van der Waals surface area contributed by atoms with E-state index in [1.54, 1.807) is 31.6 Å². The molecule has 2 aromatic heterocycles. The van der Waals surface area contributed by atoms with Crippen molar-refractivity contribution in [3.05, 3.63) is 54.3 Å². The van der Waals surface area contributed by atoms with Crippen LogP contribution in [0.3, 0.4) is 0 Å². The Morgan fingerprint density at radius 3 is 1.02 bits per heavy atom. The summed E-state index contributed by atoms with van der Waals surface area (Å²) < 4.78 is 10.3. The van der Waals surface area contributed by atoms with Gasteiger partial charge in [-0.3, -0.25) is 4.98 Å². The topological polar surface area (TPSA) is 357 Å². The number of rotatable bonds is 29. The average Bonchev–Trinajstić information content (AvgIpc) is 3.10. The van der Waals surface area contributed by atoms with Crippen molar-refractivity contribution in [1.29, 1.82) is 0 Å². The first-order valence-corrected chi connectivity index (χ1v) is 9.79. The van der Waals surface area contributed by atoms with Crippen molar-refractivity contribution in [2.24, 2.45) is 0 Å². The minimum absolute atomic E-state index is 0.576. The molecule has 2 N–H and O–H groups in total. The molecule has 272 valence electrons. The number of methoxy groups -OCH3 is 2. The lowest BCUT2D eigenvalue weighted by atomic mass is 10.5. The molecule has 35 heteroatoms. The molecule has 2 heterocycles. The molecule has 0 saturated heterocycles. The second-order valence-corrected chi connectivity index (χ2v) is 4.91. The summed E-state index contributed by atoms with van der Waals surface area (Å²) in [5.41, 5.74) is 0. The van der Waals surface area contributed by atoms with E-state index in [9.17, 15) is 5.21 Å². The van der Waals surface area contributed by atoms with Crippen LogP contribution in [0.25, 0.3) is 0 Å². The van der Waals surface area contributed by atoms with Gasteiger partial charge in [-0.25, -0.2) is 10.5 Å². The van der Waals surface area contributed by atoms with E-state index in [1.165, 1.54) is 19.5 Å². The first-order valence-electron chi connectivity index (χ1n) is 9.79. The van der Waals surface area contributed by atoms with Crippen LogP contribution in [-0.4, -0.2) is 29.7 Å². The second kappa shape index (κ2) is 37.0. The molecule has 0 saturated carbocycles. The van der Waals surface area contributed by atoms with Gasteiger partial charge in [-0.2, -0.15) is 4.73 Å². The molecule has 0 radical (unpaired) electrons. The molecular weight excluding hydrogens is 700 g/mol. The van der Waals surface area contributed by atoms with Crippen LogP contribution in [0.2, 0.25) is 0 Å². The molecule has 47 heavy (non-hydrogen) atoms. The fourth-order valence-corrected chi connectivity index (χ4v) is 1.32. The van der Waals surface area contributed by atoms with E-state index in [-0.39, 0.29) is 0 Å². The fourth-order valence-electron chi connectivity index (χ4n) is 1.32. The number of ether oxygens (including phenoxy) is 2. The maximum absolute atomic E-state index is 10.5. The Morgan fingerprint density at radius 1 is 0.489 bits per heavy atom. The Morgan fingerprint density at radius 2 is 0.809 bits per heavy atom. The van der Waals surface area contributed by atoms with Crippen molar-refractivity contribution >= 4 is 0 Å². The summed E-state index contributed by atoms with van der Waals surface area (Å²) >= 11 is 0. The van der Waals surface area contributed by atoms with Gasteiger partial charge in [0.05, 0.1) is 20.4 Å². The summed E-state index contributed by atoms with van der Waals surface area (Å²) in [5.74, 6) is 1.38. The summed E-state index contributed by atoms with van der Waals surface area (Å²) in [6.07, 6.45) is 6.14. The fraction of sp³-hybridized carbons (Fsp3) is 0.167. The van der Waals surface area contributed by atoms with Crippen LogP contribution in [0.5, 0.6) is 11.5 Å². The molecule has 35 nitrogen and oxygen atoms in total. The van der Waals surface area contributed by atoms with Crippen LogP contribution < -0.4 is 14.2 Å². The van der Waals surface area contributed by atoms with Gasteiger partial charge in [0.1, 0.15) is 5.75 Å². The van der Waals surface area contributed by atoms with E-state index in [2.05, 4.69) is 146 Å². The molecule has 0 unspecified atom stereocenters. The Bertz CT molecular complexity index is 843. The van der Waals surface area contributed by atoms with Gasteiger partial charge in [0.25, 0.3) is 0 Å². The van der Waals surface area contributed by atoms with E-state index >= 15 is 0 Å². The molecule has 0 aromatic carbocycles. The van der Waals surface area contributed by atoms with Crippen molar-refractivity contribution in [1.82, 2.24) is 4.98 Å². The van der Waals surface area contributed by atoms with Gasteiger partial charge in [-0.05, 0) is 98.8 Å². The van der Waals surface area contributed by atoms with E-state index in [0.29, 0.717) is 10.5 Å². The highest BCUT2D eigenvalue weighted by atomic mass is 18.0. The molecule has 0 atom stereocenters.